The summed E-state index contributed by atoms with van der Waals surface area (Å²) in [6.07, 6.45) is -1.07. The summed E-state index contributed by atoms with van der Waals surface area (Å²) in [6.45, 7) is 6.96. The molecule has 1 amide bonds. The van der Waals surface area contributed by atoms with Crippen LogP contribution in [0.5, 0.6) is 0 Å². The number of esters is 1. The lowest BCUT2D eigenvalue weighted by molar-refractivity contribution is -0.123. The number of carbonyl (C=O) groups is 2. The number of anilines is 1. The third-order valence-corrected chi connectivity index (χ3v) is 5.06. The molecule has 1 N–H and O–H groups in total. The molecule has 1 heterocycles. The van der Waals surface area contributed by atoms with Gasteiger partial charge in [-0.15, -0.1) is 0 Å². The molecule has 0 fully saturated rings. The average molecular weight is 407 g/mol. The second-order valence-corrected chi connectivity index (χ2v) is 7.29. The highest BCUT2D eigenvalue weighted by Gasteiger charge is 2.24. The maximum atomic E-state index is 12.9. The number of amides is 1. The van der Waals surface area contributed by atoms with Crippen LogP contribution >= 0.6 is 0 Å². The monoisotopic (exact) mass is 407 g/mol. The molecule has 0 aliphatic carbocycles. The van der Waals surface area contributed by atoms with Crippen LogP contribution in [0.2, 0.25) is 0 Å². The largest absolute Gasteiger partial charge is 0.449 e. The molecule has 156 valence electrons. The van der Waals surface area contributed by atoms with Gasteiger partial charge >= 0.3 is 5.97 Å². The smallest absolute Gasteiger partial charge is 0.339 e. The third-order valence-electron chi connectivity index (χ3n) is 5.06. The Labute approximate surface area is 174 Å². The molecular formula is C23H25N3O4. The van der Waals surface area contributed by atoms with E-state index in [-0.39, 0.29) is 11.2 Å². The Morgan fingerprint density at radius 3 is 2.33 bits per heavy atom. The average Bonchev–Trinajstić information content (AvgIpc) is 2.91. The van der Waals surface area contributed by atoms with Crippen molar-refractivity contribution in [2.45, 2.75) is 33.8 Å². The molecule has 1 aromatic heterocycles. The lowest BCUT2D eigenvalue weighted by Crippen LogP contribution is -2.32. The van der Waals surface area contributed by atoms with E-state index < -0.39 is 18.0 Å². The van der Waals surface area contributed by atoms with Crippen molar-refractivity contribution in [2.75, 3.05) is 5.32 Å². The zero-order chi connectivity index (χ0) is 22.0. The van der Waals surface area contributed by atoms with Gasteiger partial charge in [-0.2, -0.15) is 0 Å². The zero-order valence-electron chi connectivity index (χ0n) is 17.7. The minimum absolute atomic E-state index is 0.153. The van der Waals surface area contributed by atoms with Crippen molar-refractivity contribution in [3.63, 3.8) is 0 Å². The second kappa shape index (κ2) is 8.41. The van der Waals surface area contributed by atoms with Gasteiger partial charge in [0.15, 0.2) is 6.10 Å². The first-order valence-corrected chi connectivity index (χ1v) is 9.63. The van der Waals surface area contributed by atoms with E-state index in [9.17, 15) is 14.4 Å². The molecule has 1 atom stereocenters. The summed E-state index contributed by atoms with van der Waals surface area (Å²) in [7, 11) is 1.74. The fourth-order valence-electron chi connectivity index (χ4n) is 3.26. The number of aromatic nitrogens is 2. The number of rotatable bonds is 5. The number of carbonyl (C=O) groups excluding carboxylic acids is 2. The van der Waals surface area contributed by atoms with E-state index in [4.69, 9.17) is 4.74 Å². The summed E-state index contributed by atoms with van der Waals surface area (Å²) < 4.78 is 8.46. The maximum Gasteiger partial charge on any atom is 0.339 e. The Bertz CT molecular complexity index is 1160. The molecule has 0 unspecified atom stereocenters. The van der Waals surface area contributed by atoms with Crippen LogP contribution in [0.4, 0.5) is 5.69 Å². The molecule has 0 radical (unpaired) electrons. The molecule has 0 aliphatic heterocycles. The van der Waals surface area contributed by atoms with E-state index in [1.54, 1.807) is 36.9 Å². The fraction of sp³-hybridized carbons (Fsp3) is 0.261. The van der Waals surface area contributed by atoms with E-state index in [0.29, 0.717) is 16.9 Å². The van der Waals surface area contributed by atoms with Crippen LogP contribution < -0.4 is 10.9 Å². The van der Waals surface area contributed by atoms with Crippen molar-refractivity contribution < 1.29 is 14.3 Å². The highest BCUT2D eigenvalue weighted by Crippen LogP contribution is 2.16. The summed E-state index contributed by atoms with van der Waals surface area (Å²) in [5.74, 6) is -1.15. The van der Waals surface area contributed by atoms with E-state index in [1.165, 1.54) is 11.6 Å². The molecule has 7 heteroatoms. The number of benzene rings is 2. The normalized spacial score (nSPS) is 11.8. The predicted molar refractivity (Wildman–Crippen MR) is 115 cm³/mol. The van der Waals surface area contributed by atoms with Crippen LogP contribution in [0.25, 0.3) is 5.69 Å². The van der Waals surface area contributed by atoms with Crippen molar-refractivity contribution in [3.05, 3.63) is 81.3 Å². The molecule has 7 nitrogen and oxygen atoms in total. The van der Waals surface area contributed by atoms with Gasteiger partial charge < -0.3 is 10.1 Å². The Hall–Kier alpha value is -3.61. The number of aryl methyl sites for hydroxylation is 2. The van der Waals surface area contributed by atoms with Gasteiger partial charge in [0.1, 0.15) is 5.69 Å². The summed E-state index contributed by atoms with van der Waals surface area (Å²) in [4.78, 5) is 38.0. The molecule has 0 aliphatic rings. The minimum Gasteiger partial charge on any atom is -0.449 e. The van der Waals surface area contributed by atoms with E-state index in [0.717, 1.165) is 11.1 Å². The molecule has 0 bridgehead atoms. The summed E-state index contributed by atoms with van der Waals surface area (Å²) >= 11 is 0. The van der Waals surface area contributed by atoms with Crippen LogP contribution in [0.1, 0.15) is 34.1 Å². The van der Waals surface area contributed by atoms with Crippen molar-refractivity contribution in [3.8, 4) is 5.69 Å². The Balaban J connectivity index is 1.79. The summed E-state index contributed by atoms with van der Waals surface area (Å²) in [5.41, 5.74) is 3.28. The Morgan fingerprint density at radius 2 is 1.70 bits per heavy atom. The Morgan fingerprint density at radius 1 is 1.03 bits per heavy atom. The van der Waals surface area contributed by atoms with Gasteiger partial charge in [0.2, 0.25) is 0 Å². The van der Waals surface area contributed by atoms with E-state index in [2.05, 4.69) is 5.32 Å². The standard InChI is InChI=1S/C23H25N3O4/c1-14-11-12-19(15(2)13-14)23(29)30-17(4)21(27)24-20-16(3)25(5)26(22(20)28)18-9-7-6-8-10-18/h6-13,17H,1-5H3,(H,24,27)/t17-/m0/s1. The number of para-hydroxylation sites is 1. The van der Waals surface area contributed by atoms with Gasteiger partial charge in [0.05, 0.1) is 16.9 Å². The summed E-state index contributed by atoms with van der Waals surface area (Å²) in [5, 5.41) is 2.62. The fourth-order valence-corrected chi connectivity index (χ4v) is 3.26. The lowest BCUT2D eigenvalue weighted by Gasteiger charge is -2.14. The molecule has 0 saturated carbocycles. The molecule has 30 heavy (non-hydrogen) atoms. The SMILES string of the molecule is Cc1ccc(C(=O)O[C@@H](C)C(=O)Nc2c(C)n(C)n(-c3ccccc3)c2=O)c(C)c1. The maximum absolute atomic E-state index is 12.9. The molecule has 3 rings (SSSR count). The molecule has 2 aromatic carbocycles. The van der Waals surface area contributed by atoms with Gasteiger partial charge in [-0.25, -0.2) is 9.48 Å². The van der Waals surface area contributed by atoms with Crippen molar-refractivity contribution in [2.24, 2.45) is 7.05 Å². The number of nitrogens with one attached hydrogen (secondary N) is 1. The van der Waals surface area contributed by atoms with Crippen LogP contribution in [-0.2, 0) is 16.6 Å². The first kappa shape index (κ1) is 21.1. The highest BCUT2D eigenvalue weighted by molar-refractivity contribution is 5.98. The van der Waals surface area contributed by atoms with Gasteiger partial charge in [-0.05, 0) is 51.5 Å². The molecule has 0 spiro atoms. The predicted octanol–water partition coefficient (Wildman–Crippen LogP) is 3.29. The van der Waals surface area contributed by atoms with Crippen LogP contribution in [0, 0.1) is 20.8 Å². The van der Waals surface area contributed by atoms with Crippen molar-refractivity contribution in [1.29, 1.82) is 0 Å². The lowest BCUT2D eigenvalue weighted by atomic mass is 10.1. The quantitative estimate of drug-likeness (QED) is 0.658. The van der Waals surface area contributed by atoms with Crippen LogP contribution in [0.15, 0.2) is 53.3 Å². The number of ether oxygens (including phenoxy) is 1. The number of nitrogens with zero attached hydrogens (tertiary/aromatic N) is 2. The van der Waals surface area contributed by atoms with Gasteiger partial charge in [0.25, 0.3) is 11.5 Å². The van der Waals surface area contributed by atoms with Gasteiger partial charge in [0, 0.05) is 7.05 Å². The first-order chi connectivity index (χ1) is 14.2. The second-order valence-electron chi connectivity index (χ2n) is 7.29. The van der Waals surface area contributed by atoms with E-state index in [1.807, 2.05) is 44.2 Å². The molecule has 0 saturated heterocycles. The van der Waals surface area contributed by atoms with Crippen LogP contribution in [-0.4, -0.2) is 27.3 Å². The first-order valence-electron chi connectivity index (χ1n) is 9.63. The Kier molecular flexibility index (Phi) is 5.91. The van der Waals surface area contributed by atoms with Crippen LogP contribution in [0.3, 0.4) is 0 Å². The topological polar surface area (TPSA) is 82.3 Å². The summed E-state index contributed by atoms with van der Waals surface area (Å²) in [6, 6.07) is 14.5. The van der Waals surface area contributed by atoms with Gasteiger partial charge in [-0.1, -0.05) is 35.9 Å². The zero-order valence-corrected chi connectivity index (χ0v) is 17.7. The molecule has 3 aromatic rings. The highest BCUT2D eigenvalue weighted by atomic mass is 16.5. The third kappa shape index (κ3) is 4.05. The minimum atomic E-state index is -1.07. The van der Waals surface area contributed by atoms with Crippen molar-refractivity contribution >= 4 is 17.6 Å². The van der Waals surface area contributed by atoms with Crippen molar-refractivity contribution in [1.82, 2.24) is 9.36 Å². The number of hydrogen-bond donors (Lipinski definition) is 1. The number of hydrogen-bond acceptors (Lipinski definition) is 4. The molecular weight excluding hydrogens is 382 g/mol. The van der Waals surface area contributed by atoms with E-state index >= 15 is 0 Å². The van der Waals surface area contributed by atoms with Gasteiger partial charge in [-0.3, -0.25) is 14.3 Å².